The van der Waals surface area contributed by atoms with Crippen LogP contribution in [0.2, 0.25) is 0 Å². The van der Waals surface area contributed by atoms with Gasteiger partial charge < -0.3 is 9.84 Å². The third-order valence-electron chi connectivity index (χ3n) is 1.79. The van der Waals surface area contributed by atoms with Crippen LogP contribution in [-0.2, 0) is 4.74 Å². The Hall–Kier alpha value is -0.0800. The van der Waals surface area contributed by atoms with Gasteiger partial charge in [-0.15, -0.1) is 0 Å². The van der Waals surface area contributed by atoms with Crippen LogP contribution in [0.1, 0.15) is 21.6 Å². The van der Waals surface area contributed by atoms with Crippen LogP contribution >= 0.6 is 0 Å². The number of hydrogen-bond acceptors (Lipinski definition) is 2. The smallest absolute Gasteiger partial charge is 0.0849 e. The van der Waals surface area contributed by atoms with Crippen molar-refractivity contribution < 1.29 is 11.2 Å². The first-order valence-corrected chi connectivity index (χ1v) is 3.42. The van der Waals surface area contributed by atoms with Gasteiger partial charge in [-0.05, 0) is 6.42 Å². The van der Waals surface area contributed by atoms with Gasteiger partial charge in [0.2, 0.25) is 0 Å². The Bertz CT molecular complexity index is 118. The molecule has 0 aromatic carbocycles. The van der Waals surface area contributed by atoms with E-state index < -0.39 is 12.7 Å². The van der Waals surface area contributed by atoms with Gasteiger partial charge in [-0.3, -0.25) is 0 Å². The van der Waals surface area contributed by atoms with Gasteiger partial charge >= 0.3 is 0 Å². The zero-order chi connectivity index (χ0) is 7.72. The van der Waals surface area contributed by atoms with Crippen molar-refractivity contribution in [1.82, 2.24) is 0 Å². The normalized spacial score (nSPS) is 53.4. The molecule has 1 rings (SSSR count). The van der Waals surface area contributed by atoms with Crippen LogP contribution in [0.4, 0.5) is 0 Å². The SMILES string of the molecule is [3H][C@@H]1O[C@H](CC)C(O)[C@@H]1C. The van der Waals surface area contributed by atoms with Crippen LogP contribution < -0.4 is 0 Å². The third kappa shape index (κ3) is 1.25. The van der Waals surface area contributed by atoms with Gasteiger partial charge in [-0.2, -0.15) is 0 Å². The summed E-state index contributed by atoms with van der Waals surface area (Å²) in [4.78, 5) is 0. The molecule has 0 saturated carbocycles. The molecule has 1 unspecified atom stereocenters. The number of aliphatic hydroxyl groups excluding tert-OH is 1. The fourth-order valence-electron chi connectivity index (χ4n) is 1.06. The van der Waals surface area contributed by atoms with Crippen LogP contribution in [0.15, 0.2) is 0 Å². The monoisotopic (exact) mass is 132 g/mol. The largest absolute Gasteiger partial charge is 0.390 e. The lowest BCUT2D eigenvalue weighted by Gasteiger charge is -2.11. The van der Waals surface area contributed by atoms with Crippen LogP contribution in [0.5, 0.6) is 0 Å². The van der Waals surface area contributed by atoms with E-state index in [4.69, 9.17) is 6.11 Å². The Balaban J connectivity index is 2.53. The van der Waals surface area contributed by atoms with E-state index in [1.165, 1.54) is 0 Å². The van der Waals surface area contributed by atoms with Crippen LogP contribution in [0, 0.1) is 5.92 Å². The molecule has 9 heavy (non-hydrogen) atoms. The molecule has 0 bridgehead atoms. The first-order chi connectivity index (χ1) is 4.66. The maximum atomic E-state index is 9.38. The minimum atomic E-state index is -0.528. The van der Waals surface area contributed by atoms with Gasteiger partial charge in [0.1, 0.15) is 0 Å². The molecule has 0 aromatic heterocycles. The van der Waals surface area contributed by atoms with E-state index in [2.05, 4.69) is 0 Å². The minimum absolute atomic E-state index is 0.0371. The average Bonchev–Trinajstić information content (AvgIpc) is 2.17. The maximum Gasteiger partial charge on any atom is 0.0849 e. The Morgan fingerprint density at radius 1 is 1.89 bits per heavy atom. The van der Waals surface area contributed by atoms with Crippen molar-refractivity contribution in [3.63, 3.8) is 0 Å². The molecule has 1 aliphatic heterocycles. The zero-order valence-corrected chi connectivity index (χ0v) is 5.87. The summed E-state index contributed by atoms with van der Waals surface area (Å²) >= 11 is 0. The Kier molecular flexibility index (Phi) is 1.69. The lowest BCUT2D eigenvalue weighted by Crippen LogP contribution is -2.23. The van der Waals surface area contributed by atoms with E-state index in [1.54, 1.807) is 0 Å². The summed E-state index contributed by atoms with van der Waals surface area (Å²) in [6.07, 6.45) is 0.242. The van der Waals surface area contributed by atoms with Crippen molar-refractivity contribution in [2.75, 3.05) is 6.58 Å². The molecular weight excluding hydrogens is 116 g/mol. The molecule has 1 saturated heterocycles. The molecule has 54 valence electrons. The molecule has 4 atom stereocenters. The van der Waals surface area contributed by atoms with Gasteiger partial charge in [-0.25, -0.2) is 0 Å². The lowest BCUT2D eigenvalue weighted by atomic mass is 10.0. The standard InChI is InChI=1S/C7H14O2/c1-3-6-7(8)5(2)4-9-6/h5-8H,3-4H2,1-2H3/t5-,6-,7?/m1/s1/i4T/t4-,5+,6+,7?/m0. The second-order valence-electron chi connectivity index (χ2n) is 2.57. The summed E-state index contributed by atoms with van der Waals surface area (Å²) in [5.41, 5.74) is 0. The van der Waals surface area contributed by atoms with Crippen molar-refractivity contribution >= 4 is 0 Å². The lowest BCUT2D eigenvalue weighted by molar-refractivity contribution is 0.0375. The molecule has 0 radical (unpaired) electrons. The van der Waals surface area contributed by atoms with Crippen molar-refractivity contribution in [2.24, 2.45) is 5.92 Å². The highest BCUT2D eigenvalue weighted by Crippen LogP contribution is 2.21. The Morgan fingerprint density at radius 2 is 2.56 bits per heavy atom. The summed E-state index contributed by atoms with van der Waals surface area (Å²) in [6.45, 7) is 3.27. The Labute approximate surface area is 57.2 Å². The first-order valence-electron chi connectivity index (χ1n) is 4.00. The first kappa shape index (κ1) is 5.69. The third-order valence-corrected chi connectivity index (χ3v) is 1.79. The second kappa shape index (κ2) is 2.67. The quantitative estimate of drug-likeness (QED) is 0.571. The van der Waals surface area contributed by atoms with E-state index in [0.717, 1.165) is 6.42 Å². The van der Waals surface area contributed by atoms with E-state index in [-0.39, 0.29) is 12.0 Å². The summed E-state index contributed by atoms with van der Waals surface area (Å²) in [5.74, 6) is -0.0371. The fraction of sp³-hybridized carbons (Fsp3) is 1.00. The highest BCUT2D eigenvalue weighted by atomic mass is 16.5. The van der Waals surface area contributed by atoms with E-state index >= 15 is 0 Å². The predicted octanol–water partition coefficient (Wildman–Crippen LogP) is 0.792. The molecule has 0 aliphatic carbocycles. The van der Waals surface area contributed by atoms with Crippen molar-refractivity contribution in [3.8, 4) is 0 Å². The number of ether oxygens (including phenoxy) is 1. The molecule has 1 N–H and O–H groups in total. The van der Waals surface area contributed by atoms with Crippen molar-refractivity contribution in [1.29, 1.82) is 0 Å². The second-order valence-corrected chi connectivity index (χ2v) is 2.57. The van der Waals surface area contributed by atoms with Gasteiger partial charge in [0, 0.05) is 5.92 Å². The average molecular weight is 132 g/mol. The van der Waals surface area contributed by atoms with Gasteiger partial charge in [0.25, 0.3) is 0 Å². The van der Waals surface area contributed by atoms with Crippen molar-refractivity contribution in [2.45, 2.75) is 32.5 Å². The van der Waals surface area contributed by atoms with Gasteiger partial charge in [0.05, 0.1) is 20.2 Å². The van der Waals surface area contributed by atoms with Crippen LogP contribution in [0.25, 0.3) is 0 Å². The molecule has 0 amide bonds. The molecule has 1 fully saturated rings. The number of aliphatic hydroxyl groups is 1. The molecule has 0 aromatic rings. The molecule has 0 spiro atoms. The number of rotatable bonds is 1. The summed E-state index contributed by atoms with van der Waals surface area (Å²) in [6, 6.07) is 0. The summed E-state index contributed by atoms with van der Waals surface area (Å²) in [5, 5.41) is 9.38. The van der Waals surface area contributed by atoms with Gasteiger partial charge in [0.15, 0.2) is 0 Å². The van der Waals surface area contributed by atoms with Crippen molar-refractivity contribution in [3.05, 3.63) is 0 Å². The minimum Gasteiger partial charge on any atom is -0.390 e. The summed E-state index contributed by atoms with van der Waals surface area (Å²) < 4.78 is 12.5. The van der Waals surface area contributed by atoms with E-state index in [9.17, 15) is 5.11 Å². The number of hydrogen-bond donors (Lipinski definition) is 1. The molecular formula is C7H14O2. The van der Waals surface area contributed by atoms with E-state index in [1.807, 2.05) is 13.8 Å². The molecule has 1 aliphatic rings. The molecule has 2 heteroatoms. The molecule has 2 nitrogen and oxygen atoms in total. The fourth-order valence-corrected chi connectivity index (χ4v) is 1.06. The predicted molar refractivity (Wildman–Crippen MR) is 35.2 cm³/mol. The zero-order valence-electron chi connectivity index (χ0n) is 6.87. The van der Waals surface area contributed by atoms with E-state index in [0.29, 0.717) is 0 Å². The topological polar surface area (TPSA) is 29.5 Å². The van der Waals surface area contributed by atoms with Crippen LogP contribution in [-0.4, -0.2) is 23.9 Å². The highest BCUT2D eigenvalue weighted by Gasteiger charge is 2.30. The Morgan fingerprint density at radius 3 is 2.78 bits per heavy atom. The van der Waals surface area contributed by atoms with Gasteiger partial charge in [-0.1, -0.05) is 13.8 Å². The molecule has 1 heterocycles. The summed E-state index contributed by atoms with van der Waals surface area (Å²) in [7, 11) is 0. The maximum absolute atomic E-state index is 9.38. The highest BCUT2D eigenvalue weighted by molar-refractivity contribution is 4.79. The van der Waals surface area contributed by atoms with Crippen LogP contribution in [0.3, 0.4) is 0 Å².